The molecule has 0 amide bonds. The molecule has 1 unspecified atom stereocenters. The highest BCUT2D eigenvalue weighted by Gasteiger charge is 2.18. The summed E-state index contributed by atoms with van der Waals surface area (Å²) in [6.45, 7) is 9.95. The lowest BCUT2D eigenvalue weighted by Gasteiger charge is -2.16. The molecule has 1 atom stereocenters. The number of aryl methyl sites for hydroxylation is 2. The van der Waals surface area contributed by atoms with Gasteiger partial charge in [-0.3, -0.25) is 0 Å². The fraction of sp³-hybridized carbons (Fsp3) is 0.545. The van der Waals surface area contributed by atoms with Gasteiger partial charge in [-0.05, 0) is 31.9 Å². The third-order valence-corrected chi connectivity index (χ3v) is 5.94. The lowest BCUT2D eigenvalue weighted by molar-refractivity contribution is 0.140. The minimum atomic E-state index is 0.136. The summed E-state index contributed by atoms with van der Waals surface area (Å²) in [6.07, 6.45) is 5.00. The topological polar surface area (TPSA) is 67.8 Å². The molecule has 1 fully saturated rings. The highest BCUT2D eigenvalue weighted by molar-refractivity contribution is 7.11. The van der Waals surface area contributed by atoms with Crippen LogP contribution in [0.5, 0.6) is 5.75 Å². The summed E-state index contributed by atoms with van der Waals surface area (Å²) in [5.41, 5.74) is 2.28. The molecule has 0 spiro atoms. The second-order valence-corrected chi connectivity index (χ2v) is 8.36. The highest BCUT2D eigenvalue weighted by Crippen LogP contribution is 2.24. The maximum Gasteiger partial charge on any atom is 0.191 e. The molecule has 1 aromatic carbocycles. The molecule has 2 aromatic rings. The first-order chi connectivity index (χ1) is 14.2. The summed E-state index contributed by atoms with van der Waals surface area (Å²) in [7, 11) is 0. The van der Waals surface area contributed by atoms with E-state index in [1.807, 2.05) is 6.20 Å². The number of aromatic nitrogens is 1. The third kappa shape index (κ3) is 6.72. The monoisotopic (exact) mass is 416 g/mol. The number of hydrogen-bond acceptors (Lipinski definition) is 5. The van der Waals surface area contributed by atoms with Gasteiger partial charge in [0, 0.05) is 42.6 Å². The van der Waals surface area contributed by atoms with Gasteiger partial charge in [0.25, 0.3) is 0 Å². The van der Waals surface area contributed by atoms with Crippen molar-refractivity contribution in [3.8, 4) is 5.75 Å². The van der Waals surface area contributed by atoms with Gasteiger partial charge in [-0.1, -0.05) is 19.1 Å². The SMILES string of the molecule is CCNC(=NCc1ccc(C)cc1OC1CCOC1)NCCc1ncc(CC)s1. The van der Waals surface area contributed by atoms with Crippen LogP contribution in [0.2, 0.25) is 0 Å². The van der Waals surface area contributed by atoms with Gasteiger partial charge in [0.2, 0.25) is 0 Å². The Morgan fingerprint density at radius 3 is 2.97 bits per heavy atom. The number of nitrogens with zero attached hydrogens (tertiary/aromatic N) is 2. The molecule has 1 aliphatic heterocycles. The first-order valence-electron chi connectivity index (χ1n) is 10.5. The second kappa shape index (κ2) is 11.2. The van der Waals surface area contributed by atoms with E-state index in [-0.39, 0.29) is 6.10 Å². The maximum atomic E-state index is 6.19. The number of aliphatic imine (C=N–C) groups is 1. The molecule has 29 heavy (non-hydrogen) atoms. The number of thiazole rings is 1. The van der Waals surface area contributed by atoms with E-state index in [0.29, 0.717) is 13.2 Å². The summed E-state index contributed by atoms with van der Waals surface area (Å²) in [5, 5.41) is 7.90. The van der Waals surface area contributed by atoms with Crippen molar-refractivity contribution in [1.82, 2.24) is 15.6 Å². The summed E-state index contributed by atoms with van der Waals surface area (Å²) < 4.78 is 11.6. The Morgan fingerprint density at radius 1 is 1.34 bits per heavy atom. The van der Waals surface area contributed by atoms with Gasteiger partial charge in [-0.15, -0.1) is 11.3 Å². The van der Waals surface area contributed by atoms with Gasteiger partial charge in [0.05, 0.1) is 24.8 Å². The summed E-state index contributed by atoms with van der Waals surface area (Å²) in [5.74, 6) is 1.73. The Balaban J connectivity index is 1.59. The largest absolute Gasteiger partial charge is 0.488 e. The molecule has 1 aromatic heterocycles. The first kappa shape index (κ1) is 21.6. The van der Waals surface area contributed by atoms with Crippen molar-refractivity contribution in [3.63, 3.8) is 0 Å². The van der Waals surface area contributed by atoms with Crippen molar-refractivity contribution in [3.05, 3.63) is 45.4 Å². The van der Waals surface area contributed by atoms with Crippen LogP contribution in [0.4, 0.5) is 0 Å². The lowest BCUT2D eigenvalue weighted by atomic mass is 10.1. The predicted molar refractivity (Wildman–Crippen MR) is 119 cm³/mol. The van der Waals surface area contributed by atoms with E-state index in [1.54, 1.807) is 11.3 Å². The first-order valence-corrected chi connectivity index (χ1v) is 11.3. The van der Waals surface area contributed by atoms with Crippen LogP contribution in [-0.4, -0.2) is 43.4 Å². The molecule has 2 N–H and O–H groups in total. The van der Waals surface area contributed by atoms with Crippen molar-refractivity contribution in [1.29, 1.82) is 0 Å². The molecule has 0 saturated carbocycles. The van der Waals surface area contributed by atoms with Gasteiger partial charge in [-0.25, -0.2) is 9.98 Å². The van der Waals surface area contributed by atoms with Crippen molar-refractivity contribution in [2.24, 2.45) is 4.99 Å². The van der Waals surface area contributed by atoms with E-state index < -0.39 is 0 Å². The van der Waals surface area contributed by atoms with Gasteiger partial charge in [-0.2, -0.15) is 0 Å². The Kier molecular flexibility index (Phi) is 8.31. The number of ether oxygens (including phenoxy) is 2. The zero-order valence-corrected chi connectivity index (χ0v) is 18.5. The number of guanidine groups is 1. The predicted octanol–water partition coefficient (Wildman–Crippen LogP) is 3.48. The van der Waals surface area contributed by atoms with Crippen LogP contribution in [0, 0.1) is 6.92 Å². The molecule has 7 heteroatoms. The van der Waals surface area contributed by atoms with Crippen LogP contribution in [-0.2, 0) is 24.1 Å². The number of hydrogen-bond donors (Lipinski definition) is 2. The fourth-order valence-corrected chi connectivity index (χ4v) is 3.97. The van der Waals surface area contributed by atoms with Crippen LogP contribution in [0.1, 0.15) is 41.3 Å². The lowest BCUT2D eigenvalue weighted by Crippen LogP contribution is -2.38. The van der Waals surface area contributed by atoms with E-state index in [9.17, 15) is 0 Å². The Bertz CT molecular complexity index is 800. The van der Waals surface area contributed by atoms with Crippen LogP contribution in [0.15, 0.2) is 29.4 Å². The average molecular weight is 417 g/mol. The molecule has 6 nitrogen and oxygen atoms in total. The second-order valence-electron chi connectivity index (χ2n) is 7.16. The van der Waals surface area contributed by atoms with E-state index >= 15 is 0 Å². The molecule has 0 radical (unpaired) electrons. The number of benzene rings is 1. The minimum Gasteiger partial charge on any atom is -0.488 e. The molecule has 158 valence electrons. The van der Waals surface area contributed by atoms with Gasteiger partial charge in [0.15, 0.2) is 5.96 Å². The van der Waals surface area contributed by atoms with Crippen molar-refractivity contribution >= 4 is 17.3 Å². The molecule has 3 rings (SSSR count). The molecule has 0 aliphatic carbocycles. The maximum absolute atomic E-state index is 6.19. The molecule has 2 heterocycles. The van der Waals surface area contributed by atoms with Gasteiger partial charge < -0.3 is 20.1 Å². The van der Waals surface area contributed by atoms with Gasteiger partial charge in [0.1, 0.15) is 11.9 Å². The number of nitrogens with one attached hydrogen (secondary N) is 2. The Morgan fingerprint density at radius 2 is 2.24 bits per heavy atom. The van der Waals surface area contributed by atoms with Crippen LogP contribution < -0.4 is 15.4 Å². The average Bonchev–Trinajstić information content (AvgIpc) is 3.39. The Hall–Kier alpha value is -2.12. The van der Waals surface area contributed by atoms with Crippen molar-refractivity contribution < 1.29 is 9.47 Å². The van der Waals surface area contributed by atoms with E-state index in [0.717, 1.165) is 56.2 Å². The smallest absolute Gasteiger partial charge is 0.191 e. The highest BCUT2D eigenvalue weighted by atomic mass is 32.1. The Labute approximate surface area is 177 Å². The standard InChI is InChI=1S/C22H32N4O2S/c1-4-19-14-25-21(29-19)8-10-24-22(23-5-2)26-13-17-7-6-16(3)12-20(17)28-18-9-11-27-15-18/h6-7,12,14,18H,4-5,8-11,13,15H2,1-3H3,(H2,23,24,26). The van der Waals surface area contributed by atoms with Crippen LogP contribution in [0.3, 0.4) is 0 Å². The van der Waals surface area contributed by atoms with Crippen molar-refractivity contribution in [2.45, 2.75) is 52.7 Å². The third-order valence-electron chi connectivity index (χ3n) is 4.74. The minimum absolute atomic E-state index is 0.136. The summed E-state index contributed by atoms with van der Waals surface area (Å²) >= 11 is 1.79. The van der Waals surface area contributed by atoms with Crippen LogP contribution in [0.25, 0.3) is 0 Å². The normalized spacial score (nSPS) is 16.8. The van der Waals surface area contributed by atoms with E-state index in [2.05, 4.69) is 54.6 Å². The number of rotatable bonds is 9. The molecular weight excluding hydrogens is 384 g/mol. The molecular formula is C22H32N4O2S. The summed E-state index contributed by atoms with van der Waals surface area (Å²) in [6, 6.07) is 6.31. The van der Waals surface area contributed by atoms with Gasteiger partial charge >= 0.3 is 0 Å². The summed E-state index contributed by atoms with van der Waals surface area (Å²) in [4.78, 5) is 10.6. The quantitative estimate of drug-likeness (QED) is 0.484. The van der Waals surface area contributed by atoms with E-state index in [4.69, 9.17) is 14.5 Å². The van der Waals surface area contributed by atoms with Crippen molar-refractivity contribution in [2.75, 3.05) is 26.3 Å². The molecule has 1 aliphatic rings. The van der Waals surface area contributed by atoms with E-state index in [1.165, 1.54) is 15.4 Å². The zero-order chi connectivity index (χ0) is 20.5. The molecule has 0 bridgehead atoms. The fourth-order valence-electron chi connectivity index (χ4n) is 3.11. The molecule has 1 saturated heterocycles. The van der Waals surface area contributed by atoms with Crippen LogP contribution >= 0.6 is 11.3 Å². The zero-order valence-electron chi connectivity index (χ0n) is 17.7.